The highest BCUT2D eigenvalue weighted by atomic mass is 19.1. The van der Waals surface area contributed by atoms with Crippen molar-refractivity contribution in [3.05, 3.63) is 60.4 Å². The van der Waals surface area contributed by atoms with E-state index in [2.05, 4.69) is 15.3 Å². The lowest BCUT2D eigenvalue weighted by Gasteiger charge is -2.34. The van der Waals surface area contributed by atoms with Crippen LogP contribution in [0.5, 0.6) is 0 Å². The van der Waals surface area contributed by atoms with Gasteiger partial charge in [0.25, 0.3) is 0 Å². The van der Waals surface area contributed by atoms with Gasteiger partial charge in [-0.3, -0.25) is 14.8 Å². The average molecular weight is 396 g/mol. The van der Waals surface area contributed by atoms with Crippen LogP contribution in [0.3, 0.4) is 0 Å². The maximum absolute atomic E-state index is 14.1. The van der Waals surface area contributed by atoms with Crippen LogP contribution in [0.4, 0.5) is 8.78 Å². The first kappa shape index (κ1) is 19.4. The third-order valence-corrected chi connectivity index (χ3v) is 5.41. The largest absolute Gasteiger partial charge is 0.339 e. The number of aromatic nitrogens is 2. The molecule has 1 saturated heterocycles. The second-order valence-electron chi connectivity index (χ2n) is 7.35. The van der Waals surface area contributed by atoms with Crippen molar-refractivity contribution in [2.45, 2.75) is 25.1 Å². The molecule has 0 bridgehead atoms. The predicted molar refractivity (Wildman–Crippen MR) is 108 cm³/mol. The Morgan fingerprint density at radius 3 is 2.79 bits per heavy atom. The van der Waals surface area contributed by atoms with Crippen molar-refractivity contribution in [1.82, 2.24) is 20.2 Å². The Morgan fingerprint density at radius 1 is 1.17 bits per heavy atom. The second-order valence-corrected chi connectivity index (χ2v) is 7.35. The molecule has 2 atom stereocenters. The van der Waals surface area contributed by atoms with E-state index in [1.54, 1.807) is 24.3 Å². The van der Waals surface area contributed by atoms with Gasteiger partial charge in [-0.15, -0.1) is 0 Å². The van der Waals surface area contributed by atoms with Crippen LogP contribution < -0.4 is 5.32 Å². The monoisotopic (exact) mass is 396 g/mol. The van der Waals surface area contributed by atoms with Gasteiger partial charge in [-0.25, -0.2) is 8.78 Å². The fraction of sp³-hybridized carbons (Fsp3) is 0.318. The minimum Gasteiger partial charge on any atom is -0.339 e. The van der Waals surface area contributed by atoms with E-state index in [0.717, 1.165) is 16.3 Å². The zero-order valence-corrected chi connectivity index (χ0v) is 16.1. The van der Waals surface area contributed by atoms with Crippen molar-refractivity contribution in [3.63, 3.8) is 0 Å². The summed E-state index contributed by atoms with van der Waals surface area (Å²) in [6.45, 7) is 0.643. The van der Waals surface area contributed by atoms with Gasteiger partial charge in [0, 0.05) is 35.9 Å². The van der Waals surface area contributed by atoms with Gasteiger partial charge in [-0.2, -0.15) is 0 Å². The van der Waals surface area contributed by atoms with Crippen molar-refractivity contribution >= 4 is 16.7 Å². The Morgan fingerprint density at radius 2 is 2.03 bits per heavy atom. The van der Waals surface area contributed by atoms with Crippen LogP contribution in [0.1, 0.15) is 12.1 Å². The predicted octanol–water partition coefficient (Wildman–Crippen LogP) is 3.14. The fourth-order valence-corrected chi connectivity index (χ4v) is 3.76. The highest BCUT2D eigenvalue weighted by Crippen LogP contribution is 2.25. The number of amides is 1. The first-order valence-corrected chi connectivity index (χ1v) is 9.62. The number of nitrogens with zero attached hydrogens (tertiary/aromatic N) is 3. The summed E-state index contributed by atoms with van der Waals surface area (Å²) in [4.78, 5) is 22.5. The molecule has 0 unspecified atom stereocenters. The number of benzene rings is 1. The molecule has 1 aromatic carbocycles. The number of fused-ring (bicyclic) bond motifs is 1. The van der Waals surface area contributed by atoms with Crippen molar-refractivity contribution in [1.29, 1.82) is 0 Å². The maximum Gasteiger partial charge on any atom is 0.228 e. The van der Waals surface area contributed by atoms with E-state index in [0.29, 0.717) is 24.2 Å². The second kappa shape index (κ2) is 8.21. The number of pyridine rings is 2. The van der Waals surface area contributed by atoms with Crippen LogP contribution in [0.25, 0.3) is 21.9 Å². The number of piperidine rings is 1. The quantitative estimate of drug-likeness (QED) is 0.736. The molecule has 5 nitrogen and oxygen atoms in total. The first-order valence-electron chi connectivity index (χ1n) is 9.62. The van der Waals surface area contributed by atoms with E-state index in [4.69, 9.17) is 0 Å². The van der Waals surface area contributed by atoms with E-state index in [1.807, 2.05) is 24.3 Å². The van der Waals surface area contributed by atoms with Gasteiger partial charge < -0.3 is 10.2 Å². The molecule has 7 heteroatoms. The van der Waals surface area contributed by atoms with E-state index in [-0.39, 0.29) is 24.9 Å². The number of rotatable bonds is 4. The molecule has 1 aliphatic heterocycles. The van der Waals surface area contributed by atoms with Crippen LogP contribution in [-0.4, -0.2) is 53.1 Å². The lowest BCUT2D eigenvalue weighted by Crippen LogP contribution is -2.51. The van der Waals surface area contributed by atoms with Gasteiger partial charge in [0.2, 0.25) is 5.91 Å². The van der Waals surface area contributed by atoms with Gasteiger partial charge in [0.1, 0.15) is 12.0 Å². The zero-order chi connectivity index (χ0) is 20.4. The highest BCUT2D eigenvalue weighted by molar-refractivity contribution is 5.88. The molecule has 29 heavy (non-hydrogen) atoms. The Kier molecular flexibility index (Phi) is 5.49. The number of hydrogen-bond donors (Lipinski definition) is 1. The molecule has 0 saturated carbocycles. The molecule has 1 amide bonds. The summed E-state index contributed by atoms with van der Waals surface area (Å²) in [6.07, 6.45) is 4.15. The van der Waals surface area contributed by atoms with E-state index in [1.165, 1.54) is 12.3 Å². The summed E-state index contributed by atoms with van der Waals surface area (Å²) in [5.74, 6) is -0.517. The van der Waals surface area contributed by atoms with Crippen LogP contribution in [0.2, 0.25) is 0 Å². The molecule has 1 aliphatic rings. The lowest BCUT2D eigenvalue weighted by molar-refractivity contribution is -0.133. The summed E-state index contributed by atoms with van der Waals surface area (Å²) in [5.41, 5.74) is 2.15. The molecule has 150 valence electrons. The Bertz CT molecular complexity index is 1040. The third kappa shape index (κ3) is 4.24. The Hall–Kier alpha value is -2.93. The summed E-state index contributed by atoms with van der Waals surface area (Å²) < 4.78 is 27.6. The van der Waals surface area contributed by atoms with Crippen LogP contribution in [0.15, 0.2) is 48.9 Å². The van der Waals surface area contributed by atoms with E-state index < -0.39 is 12.0 Å². The number of likely N-dealkylation sites (tertiary alicyclic amines) is 1. The SMILES string of the molecule is CN[C@H]1CCN(C(=O)Cc2cc3cc(-c4cncc(F)c4)ccc3cn2)C[C@@H]1F. The summed E-state index contributed by atoms with van der Waals surface area (Å²) in [5, 5.41) is 4.78. The number of hydrogen-bond acceptors (Lipinski definition) is 4. The third-order valence-electron chi connectivity index (χ3n) is 5.41. The van der Waals surface area contributed by atoms with Gasteiger partial charge in [-0.1, -0.05) is 12.1 Å². The van der Waals surface area contributed by atoms with Crippen molar-refractivity contribution in [2.24, 2.45) is 0 Å². The van der Waals surface area contributed by atoms with Gasteiger partial charge in [0.05, 0.1) is 24.9 Å². The fourth-order valence-electron chi connectivity index (χ4n) is 3.76. The van der Waals surface area contributed by atoms with E-state index >= 15 is 0 Å². The summed E-state index contributed by atoms with van der Waals surface area (Å²) in [6, 6.07) is 8.81. The number of halogens is 2. The normalized spacial score (nSPS) is 19.5. The minimum atomic E-state index is -1.07. The zero-order valence-electron chi connectivity index (χ0n) is 16.1. The summed E-state index contributed by atoms with van der Waals surface area (Å²) in [7, 11) is 1.74. The van der Waals surface area contributed by atoms with Crippen molar-refractivity contribution in [3.8, 4) is 11.1 Å². The van der Waals surface area contributed by atoms with Gasteiger partial charge in [0.15, 0.2) is 0 Å². The molecule has 4 rings (SSSR count). The molecule has 0 spiro atoms. The topological polar surface area (TPSA) is 58.1 Å². The molecule has 1 fully saturated rings. The van der Waals surface area contributed by atoms with Crippen molar-refractivity contribution in [2.75, 3.05) is 20.1 Å². The van der Waals surface area contributed by atoms with Crippen molar-refractivity contribution < 1.29 is 13.6 Å². The Balaban J connectivity index is 1.53. The summed E-state index contributed by atoms with van der Waals surface area (Å²) >= 11 is 0. The molecule has 1 N–H and O–H groups in total. The Labute approximate surface area is 167 Å². The van der Waals surface area contributed by atoms with E-state index in [9.17, 15) is 13.6 Å². The van der Waals surface area contributed by atoms with Gasteiger partial charge in [-0.05, 0) is 42.6 Å². The molecule has 2 aromatic heterocycles. The molecular formula is C22H22F2N4O. The van der Waals surface area contributed by atoms with Gasteiger partial charge >= 0.3 is 0 Å². The van der Waals surface area contributed by atoms with Crippen LogP contribution in [0, 0.1) is 5.82 Å². The van der Waals surface area contributed by atoms with Crippen LogP contribution in [-0.2, 0) is 11.2 Å². The minimum absolute atomic E-state index is 0.106. The highest BCUT2D eigenvalue weighted by Gasteiger charge is 2.30. The number of carbonyl (C=O) groups excluding carboxylic acids is 1. The number of carbonyl (C=O) groups is 1. The molecule has 0 radical (unpaired) electrons. The average Bonchev–Trinajstić information content (AvgIpc) is 2.73. The molecule has 0 aliphatic carbocycles. The number of alkyl halides is 1. The smallest absolute Gasteiger partial charge is 0.228 e. The molecular weight excluding hydrogens is 374 g/mol. The molecule has 3 aromatic rings. The number of nitrogens with one attached hydrogen (secondary N) is 1. The standard InChI is InChI=1S/C22H22F2N4O/c1-25-21-4-5-28(13-20(21)24)22(29)9-19-8-16-6-14(2-3-15(16)11-27-19)17-7-18(23)12-26-10-17/h2-3,6-8,10-12,20-21,25H,4-5,9,13H2,1H3/t20-,21-/m0/s1. The van der Waals surface area contributed by atoms with Crippen LogP contribution >= 0.6 is 0 Å². The molecule has 3 heterocycles. The first-order chi connectivity index (χ1) is 14.0. The lowest BCUT2D eigenvalue weighted by atomic mass is 10.0. The maximum atomic E-state index is 14.1.